The summed E-state index contributed by atoms with van der Waals surface area (Å²) >= 11 is 5.85. The molecule has 112 valence electrons. The summed E-state index contributed by atoms with van der Waals surface area (Å²) in [6.07, 6.45) is 1.03. The van der Waals surface area contributed by atoms with Crippen LogP contribution in [0.4, 0.5) is 4.39 Å². The minimum atomic E-state index is -0.230. The second-order valence-corrected chi connectivity index (χ2v) is 5.26. The summed E-state index contributed by atoms with van der Waals surface area (Å²) in [4.78, 5) is 0. The molecule has 0 spiro atoms. The van der Waals surface area contributed by atoms with Gasteiger partial charge in [0.15, 0.2) is 0 Å². The third kappa shape index (κ3) is 5.03. The smallest absolute Gasteiger partial charge is 0.123 e. The van der Waals surface area contributed by atoms with Crippen LogP contribution >= 0.6 is 11.6 Å². The van der Waals surface area contributed by atoms with Crippen LogP contribution < -0.4 is 10.1 Å². The van der Waals surface area contributed by atoms with Gasteiger partial charge in [0.05, 0.1) is 6.04 Å². The van der Waals surface area contributed by atoms with E-state index in [1.54, 1.807) is 24.3 Å². The van der Waals surface area contributed by atoms with E-state index >= 15 is 0 Å². The molecule has 4 heteroatoms. The van der Waals surface area contributed by atoms with Crippen molar-refractivity contribution < 1.29 is 9.13 Å². The quantitative estimate of drug-likeness (QED) is 0.807. The van der Waals surface area contributed by atoms with Gasteiger partial charge in [0, 0.05) is 5.02 Å². The summed E-state index contributed by atoms with van der Waals surface area (Å²) < 4.78 is 18.8. The average molecular weight is 308 g/mol. The average Bonchev–Trinajstić information content (AvgIpc) is 2.50. The molecule has 2 aromatic rings. The molecule has 0 amide bonds. The summed E-state index contributed by atoms with van der Waals surface area (Å²) in [6.45, 7) is 3.47. The second-order valence-electron chi connectivity index (χ2n) is 4.82. The van der Waals surface area contributed by atoms with E-state index in [0.29, 0.717) is 11.6 Å². The van der Waals surface area contributed by atoms with Gasteiger partial charge in [0.2, 0.25) is 0 Å². The predicted octanol–water partition coefficient (Wildman–Crippen LogP) is 4.60. The van der Waals surface area contributed by atoms with Gasteiger partial charge in [-0.25, -0.2) is 4.39 Å². The van der Waals surface area contributed by atoms with Crippen molar-refractivity contribution in [3.63, 3.8) is 0 Å². The molecule has 21 heavy (non-hydrogen) atoms. The first kappa shape index (κ1) is 15.8. The van der Waals surface area contributed by atoms with Crippen LogP contribution in [-0.2, 0) is 0 Å². The van der Waals surface area contributed by atoms with Crippen LogP contribution in [-0.4, -0.2) is 13.2 Å². The van der Waals surface area contributed by atoms with E-state index in [1.807, 2.05) is 12.1 Å². The Morgan fingerprint density at radius 1 is 1.10 bits per heavy atom. The van der Waals surface area contributed by atoms with Gasteiger partial charge in [0.25, 0.3) is 0 Å². The maximum absolute atomic E-state index is 13.0. The van der Waals surface area contributed by atoms with Gasteiger partial charge in [0.1, 0.15) is 18.2 Å². The Bertz CT molecular complexity index is 542. The Morgan fingerprint density at radius 3 is 2.38 bits per heavy atom. The Kier molecular flexibility index (Phi) is 6.03. The van der Waals surface area contributed by atoms with Crippen LogP contribution in [0.2, 0.25) is 5.02 Å². The van der Waals surface area contributed by atoms with Gasteiger partial charge < -0.3 is 10.1 Å². The van der Waals surface area contributed by atoms with Crippen molar-refractivity contribution in [2.45, 2.75) is 19.4 Å². The molecule has 2 rings (SSSR count). The number of hydrogen-bond donors (Lipinski definition) is 1. The molecule has 1 unspecified atom stereocenters. The van der Waals surface area contributed by atoms with Crippen LogP contribution in [0.25, 0.3) is 0 Å². The number of rotatable bonds is 7. The lowest BCUT2D eigenvalue weighted by molar-refractivity contribution is 0.266. The largest absolute Gasteiger partial charge is 0.492 e. The molecule has 1 atom stereocenters. The minimum Gasteiger partial charge on any atom is -0.492 e. The molecule has 0 heterocycles. The molecule has 0 saturated carbocycles. The zero-order valence-electron chi connectivity index (χ0n) is 12.0. The van der Waals surface area contributed by atoms with Crippen molar-refractivity contribution in [1.29, 1.82) is 0 Å². The molecular formula is C17H19ClFNO. The van der Waals surface area contributed by atoms with Crippen molar-refractivity contribution in [2.24, 2.45) is 0 Å². The number of benzene rings is 2. The fraction of sp³-hybridized carbons (Fsp3) is 0.294. The lowest BCUT2D eigenvalue weighted by Crippen LogP contribution is -2.27. The number of hydrogen-bond acceptors (Lipinski definition) is 2. The van der Waals surface area contributed by atoms with Crippen molar-refractivity contribution in [1.82, 2.24) is 5.32 Å². The maximum atomic E-state index is 13.0. The van der Waals surface area contributed by atoms with E-state index in [9.17, 15) is 4.39 Å². The first-order chi connectivity index (χ1) is 10.2. The molecule has 0 aliphatic rings. The van der Waals surface area contributed by atoms with Gasteiger partial charge >= 0.3 is 0 Å². The van der Waals surface area contributed by atoms with Crippen LogP contribution in [0.1, 0.15) is 24.9 Å². The zero-order chi connectivity index (χ0) is 15.1. The summed E-state index contributed by atoms with van der Waals surface area (Å²) in [5, 5.41) is 4.10. The normalized spacial score (nSPS) is 12.1. The van der Waals surface area contributed by atoms with E-state index in [1.165, 1.54) is 12.1 Å². The monoisotopic (exact) mass is 307 g/mol. The highest BCUT2D eigenvalue weighted by Gasteiger charge is 2.11. The highest BCUT2D eigenvalue weighted by atomic mass is 35.5. The summed E-state index contributed by atoms with van der Waals surface area (Å²) in [7, 11) is 0. The number of ether oxygens (including phenoxy) is 1. The molecule has 0 aliphatic carbocycles. The predicted molar refractivity (Wildman–Crippen MR) is 84.4 cm³/mol. The summed E-state index contributed by atoms with van der Waals surface area (Å²) in [6, 6.07) is 13.8. The standard InChI is InChI=1S/C17H19ClFNO/c1-2-11-20-17(13-3-7-15(19)8-4-13)12-21-16-9-5-14(18)6-10-16/h3-10,17,20H,2,11-12H2,1H3. The highest BCUT2D eigenvalue weighted by molar-refractivity contribution is 6.30. The van der Waals surface area contributed by atoms with Gasteiger partial charge in [-0.1, -0.05) is 30.7 Å². The van der Waals surface area contributed by atoms with Crippen molar-refractivity contribution in [3.05, 3.63) is 64.9 Å². The fourth-order valence-corrected chi connectivity index (χ4v) is 2.12. The van der Waals surface area contributed by atoms with E-state index in [2.05, 4.69) is 12.2 Å². The SMILES string of the molecule is CCCNC(COc1ccc(Cl)cc1)c1ccc(F)cc1. The molecule has 0 radical (unpaired) electrons. The number of halogens is 2. The van der Waals surface area contributed by atoms with Crippen LogP contribution in [0.3, 0.4) is 0 Å². The minimum absolute atomic E-state index is 0.0289. The first-order valence-electron chi connectivity index (χ1n) is 7.06. The van der Waals surface area contributed by atoms with E-state index in [0.717, 1.165) is 24.3 Å². The molecule has 0 fully saturated rings. The van der Waals surface area contributed by atoms with Crippen molar-refractivity contribution in [3.8, 4) is 5.75 Å². The van der Waals surface area contributed by atoms with E-state index < -0.39 is 0 Å². The van der Waals surface area contributed by atoms with Gasteiger partial charge in [-0.15, -0.1) is 0 Å². The third-order valence-electron chi connectivity index (χ3n) is 3.14. The van der Waals surface area contributed by atoms with E-state index in [4.69, 9.17) is 16.3 Å². The Labute approximate surface area is 129 Å². The molecule has 2 aromatic carbocycles. The lowest BCUT2D eigenvalue weighted by atomic mass is 10.1. The first-order valence-corrected chi connectivity index (χ1v) is 7.44. The van der Waals surface area contributed by atoms with Crippen LogP contribution in [0.5, 0.6) is 5.75 Å². The van der Waals surface area contributed by atoms with Gasteiger partial charge in [-0.2, -0.15) is 0 Å². The van der Waals surface area contributed by atoms with Gasteiger partial charge in [-0.3, -0.25) is 0 Å². The Morgan fingerprint density at radius 2 is 1.76 bits per heavy atom. The molecule has 0 bridgehead atoms. The van der Waals surface area contributed by atoms with Crippen LogP contribution in [0, 0.1) is 5.82 Å². The van der Waals surface area contributed by atoms with Crippen molar-refractivity contribution in [2.75, 3.05) is 13.2 Å². The second kappa shape index (κ2) is 8.01. The summed E-state index contributed by atoms with van der Waals surface area (Å²) in [5.41, 5.74) is 1.01. The third-order valence-corrected chi connectivity index (χ3v) is 3.40. The van der Waals surface area contributed by atoms with Crippen LogP contribution in [0.15, 0.2) is 48.5 Å². The fourth-order valence-electron chi connectivity index (χ4n) is 2.00. The molecule has 0 aliphatic heterocycles. The van der Waals surface area contributed by atoms with E-state index in [-0.39, 0.29) is 11.9 Å². The van der Waals surface area contributed by atoms with Crippen molar-refractivity contribution >= 4 is 11.6 Å². The number of nitrogens with one attached hydrogen (secondary N) is 1. The topological polar surface area (TPSA) is 21.3 Å². The molecule has 0 saturated heterocycles. The Balaban J connectivity index is 2.02. The highest BCUT2D eigenvalue weighted by Crippen LogP contribution is 2.19. The summed E-state index contributed by atoms with van der Waals surface area (Å²) in [5.74, 6) is 0.538. The molecule has 1 N–H and O–H groups in total. The molecule has 2 nitrogen and oxygen atoms in total. The molecule has 0 aromatic heterocycles. The van der Waals surface area contributed by atoms with Gasteiger partial charge in [-0.05, 0) is 54.9 Å². The lowest BCUT2D eigenvalue weighted by Gasteiger charge is -2.19. The Hall–Kier alpha value is -1.58. The zero-order valence-corrected chi connectivity index (χ0v) is 12.7. The molecular weight excluding hydrogens is 289 g/mol. The maximum Gasteiger partial charge on any atom is 0.123 e.